The van der Waals surface area contributed by atoms with Crippen LogP contribution in [0.3, 0.4) is 0 Å². The predicted molar refractivity (Wildman–Crippen MR) is 69.0 cm³/mol. The number of benzene rings is 1. The maximum Gasteiger partial charge on any atom is 0.320 e. The molecule has 0 saturated heterocycles. The highest BCUT2D eigenvalue weighted by Gasteiger charge is 2.33. The van der Waals surface area contributed by atoms with E-state index in [4.69, 9.17) is 9.84 Å². The Morgan fingerprint density at radius 1 is 1.44 bits per heavy atom. The highest BCUT2D eigenvalue weighted by Crippen LogP contribution is 2.40. The van der Waals surface area contributed by atoms with Gasteiger partial charge in [0.05, 0.1) is 7.11 Å². The van der Waals surface area contributed by atoms with Gasteiger partial charge in [0.25, 0.3) is 0 Å². The molecular formula is C14H19NO3. The van der Waals surface area contributed by atoms with Crippen LogP contribution in [0.25, 0.3) is 0 Å². The molecule has 0 radical (unpaired) electrons. The molecule has 98 valence electrons. The van der Waals surface area contributed by atoms with Crippen molar-refractivity contribution in [1.29, 1.82) is 0 Å². The third kappa shape index (κ3) is 2.64. The molecule has 1 aromatic carbocycles. The Morgan fingerprint density at radius 3 is 2.72 bits per heavy atom. The van der Waals surface area contributed by atoms with Crippen LogP contribution >= 0.6 is 0 Å². The van der Waals surface area contributed by atoms with Gasteiger partial charge in [-0.05, 0) is 37.3 Å². The molecule has 1 atom stereocenters. The lowest BCUT2D eigenvalue weighted by Gasteiger charge is -2.37. The maximum absolute atomic E-state index is 10.7. The van der Waals surface area contributed by atoms with Crippen molar-refractivity contribution in [3.8, 4) is 5.75 Å². The first kappa shape index (κ1) is 12.9. The predicted octanol–water partition coefficient (Wildman–Crippen LogP) is 2.00. The molecule has 18 heavy (non-hydrogen) atoms. The number of carboxylic acids is 1. The van der Waals surface area contributed by atoms with Gasteiger partial charge in [0.2, 0.25) is 0 Å². The topological polar surface area (TPSA) is 58.6 Å². The molecule has 0 heterocycles. The van der Waals surface area contributed by atoms with Gasteiger partial charge >= 0.3 is 5.97 Å². The monoisotopic (exact) mass is 249 g/mol. The zero-order valence-corrected chi connectivity index (χ0v) is 10.7. The Morgan fingerprint density at radius 2 is 2.11 bits per heavy atom. The fourth-order valence-corrected chi connectivity index (χ4v) is 2.44. The fourth-order valence-electron chi connectivity index (χ4n) is 2.44. The highest BCUT2D eigenvalue weighted by molar-refractivity contribution is 5.72. The van der Waals surface area contributed by atoms with Gasteiger partial charge in [0.1, 0.15) is 11.8 Å². The number of rotatable bonds is 5. The smallest absolute Gasteiger partial charge is 0.320 e. The summed E-state index contributed by atoms with van der Waals surface area (Å²) in [6.07, 6.45) is 1.94. The van der Waals surface area contributed by atoms with Gasteiger partial charge in [-0.15, -0.1) is 0 Å². The van der Waals surface area contributed by atoms with Crippen molar-refractivity contribution in [2.75, 3.05) is 7.11 Å². The van der Waals surface area contributed by atoms with Crippen molar-refractivity contribution < 1.29 is 14.6 Å². The van der Waals surface area contributed by atoms with Crippen LogP contribution < -0.4 is 10.1 Å². The van der Waals surface area contributed by atoms with Gasteiger partial charge in [-0.2, -0.15) is 0 Å². The van der Waals surface area contributed by atoms with E-state index in [1.165, 1.54) is 5.56 Å². The van der Waals surface area contributed by atoms with Crippen LogP contribution in [-0.2, 0) is 4.79 Å². The third-order valence-corrected chi connectivity index (χ3v) is 3.57. The Balaban J connectivity index is 1.91. The van der Waals surface area contributed by atoms with Crippen molar-refractivity contribution in [3.05, 3.63) is 29.8 Å². The maximum atomic E-state index is 10.7. The van der Waals surface area contributed by atoms with Gasteiger partial charge in [-0.1, -0.05) is 18.2 Å². The van der Waals surface area contributed by atoms with Gasteiger partial charge in [-0.25, -0.2) is 0 Å². The minimum Gasteiger partial charge on any atom is -0.496 e. The first-order chi connectivity index (χ1) is 8.61. The summed E-state index contributed by atoms with van der Waals surface area (Å²) in [5, 5.41) is 11.9. The zero-order valence-electron chi connectivity index (χ0n) is 10.7. The molecular weight excluding hydrogens is 230 g/mol. The molecule has 4 heteroatoms. The van der Waals surface area contributed by atoms with E-state index in [0.29, 0.717) is 12.0 Å². The lowest BCUT2D eigenvalue weighted by atomic mass is 9.75. The van der Waals surface area contributed by atoms with Gasteiger partial charge in [-0.3, -0.25) is 4.79 Å². The minimum absolute atomic E-state index is 0.297. The Bertz CT molecular complexity index is 427. The van der Waals surface area contributed by atoms with E-state index >= 15 is 0 Å². The number of hydrogen-bond donors (Lipinski definition) is 2. The van der Waals surface area contributed by atoms with Crippen molar-refractivity contribution in [1.82, 2.24) is 5.32 Å². The number of carbonyl (C=O) groups is 1. The number of ether oxygens (including phenoxy) is 1. The number of hydrogen-bond acceptors (Lipinski definition) is 3. The average molecular weight is 249 g/mol. The summed E-state index contributed by atoms with van der Waals surface area (Å²) in [5.74, 6) is 0.600. The van der Waals surface area contributed by atoms with Crippen molar-refractivity contribution in [3.63, 3.8) is 0 Å². The molecule has 1 aliphatic carbocycles. The summed E-state index contributed by atoms with van der Waals surface area (Å²) in [6, 6.07) is 7.84. The van der Waals surface area contributed by atoms with Gasteiger partial charge in [0.15, 0.2) is 0 Å². The molecule has 0 amide bonds. The van der Waals surface area contributed by atoms with E-state index in [1.54, 1.807) is 14.0 Å². The first-order valence-corrected chi connectivity index (χ1v) is 6.23. The molecule has 1 aromatic rings. The largest absolute Gasteiger partial charge is 0.496 e. The number of aliphatic carboxylic acids is 1. The second-order valence-electron chi connectivity index (χ2n) is 4.83. The van der Waals surface area contributed by atoms with Crippen LogP contribution in [0.4, 0.5) is 0 Å². The molecule has 1 fully saturated rings. The van der Waals surface area contributed by atoms with Crippen LogP contribution in [-0.4, -0.2) is 30.3 Å². The Labute approximate surface area is 107 Å². The third-order valence-electron chi connectivity index (χ3n) is 3.57. The second kappa shape index (κ2) is 5.40. The normalized spacial score (nSPS) is 24.1. The van der Waals surface area contributed by atoms with E-state index in [-0.39, 0.29) is 0 Å². The number of methoxy groups -OCH3 is 1. The lowest BCUT2D eigenvalue weighted by Crippen LogP contribution is -2.47. The molecule has 0 bridgehead atoms. The van der Waals surface area contributed by atoms with E-state index in [1.807, 2.05) is 18.2 Å². The molecule has 0 spiro atoms. The molecule has 2 rings (SSSR count). The molecule has 0 aromatic heterocycles. The number of nitrogens with one attached hydrogen (secondary N) is 1. The molecule has 4 nitrogen and oxygen atoms in total. The standard InChI is InChI=1S/C14H19NO3/c1-9(14(16)17)15-11-7-10(8-11)12-5-3-4-6-13(12)18-2/h3-6,9-11,15H,7-8H2,1-2H3,(H,16,17). The highest BCUT2D eigenvalue weighted by atomic mass is 16.5. The van der Waals surface area contributed by atoms with Crippen molar-refractivity contribution in [2.24, 2.45) is 0 Å². The van der Waals surface area contributed by atoms with Crippen LogP contribution in [0.2, 0.25) is 0 Å². The first-order valence-electron chi connectivity index (χ1n) is 6.23. The number of para-hydroxylation sites is 1. The lowest BCUT2D eigenvalue weighted by molar-refractivity contribution is -0.139. The summed E-state index contributed by atoms with van der Waals surface area (Å²) < 4.78 is 5.34. The molecule has 1 unspecified atom stereocenters. The summed E-state index contributed by atoms with van der Waals surface area (Å²) in [5.41, 5.74) is 1.22. The molecule has 1 saturated carbocycles. The van der Waals surface area contributed by atoms with E-state index in [0.717, 1.165) is 18.6 Å². The quantitative estimate of drug-likeness (QED) is 0.838. The number of carboxylic acid groups (broad SMARTS) is 1. The Hall–Kier alpha value is -1.55. The Kier molecular flexibility index (Phi) is 3.87. The van der Waals surface area contributed by atoms with Crippen LogP contribution in [0, 0.1) is 0 Å². The van der Waals surface area contributed by atoms with Crippen LogP contribution in [0.5, 0.6) is 5.75 Å². The van der Waals surface area contributed by atoms with Crippen molar-refractivity contribution >= 4 is 5.97 Å². The van der Waals surface area contributed by atoms with Crippen LogP contribution in [0.1, 0.15) is 31.2 Å². The molecule has 1 aliphatic rings. The van der Waals surface area contributed by atoms with E-state index in [2.05, 4.69) is 11.4 Å². The second-order valence-corrected chi connectivity index (χ2v) is 4.83. The van der Waals surface area contributed by atoms with Gasteiger partial charge < -0.3 is 15.2 Å². The summed E-state index contributed by atoms with van der Waals surface area (Å²) in [6.45, 7) is 1.68. The van der Waals surface area contributed by atoms with E-state index < -0.39 is 12.0 Å². The SMILES string of the molecule is COc1ccccc1C1CC(NC(C)C(=O)O)C1. The van der Waals surface area contributed by atoms with Crippen LogP contribution in [0.15, 0.2) is 24.3 Å². The summed E-state index contributed by atoms with van der Waals surface area (Å²) >= 11 is 0. The average Bonchev–Trinajstić information content (AvgIpc) is 2.32. The van der Waals surface area contributed by atoms with Gasteiger partial charge in [0, 0.05) is 6.04 Å². The molecule has 2 N–H and O–H groups in total. The minimum atomic E-state index is -0.796. The zero-order chi connectivity index (χ0) is 13.1. The summed E-state index contributed by atoms with van der Waals surface area (Å²) in [7, 11) is 1.68. The molecule has 0 aliphatic heterocycles. The fraction of sp³-hybridized carbons (Fsp3) is 0.500. The van der Waals surface area contributed by atoms with E-state index in [9.17, 15) is 4.79 Å². The summed E-state index contributed by atoms with van der Waals surface area (Å²) in [4.78, 5) is 10.7. The van der Waals surface area contributed by atoms with Crippen molar-refractivity contribution in [2.45, 2.75) is 37.8 Å².